The fourth-order valence-electron chi connectivity index (χ4n) is 1.80. The highest BCUT2D eigenvalue weighted by Crippen LogP contribution is 2.33. The van der Waals surface area contributed by atoms with Crippen molar-refractivity contribution in [1.82, 2.24) is 4.57 Å². The average Bonchev–Trinajstić information content (AvgIpc) is 2.27. The van der Waals surface area contributed by atoms with Crippen LogP contribution in [0.3, 0.4) is 0 Å². The maximum Gasteiger partial charge on any atom is 0.255 e. The zero-order valence-corrected chi connectivity index (χ0v) is 11.6. The molecule has 1 aromatic heterocycles. The second kappa shape index (κ2) is 3.90. The van der Waals surface area contributed by atoms with E-state index in [2.05, 4.69) is 15.9 Å². The lowest BCUT2D eigenvalue weighted by Gasteiger charge is -2.12. The first kappa shape index (κ1) is 11.7. The van der Waals surface area contributed by atoms with Gasteiger partial charge in [0.05, 0.1) is 10.5 Å². The molecule has 0 unspecified atom stereocenters. The topological polar surface area (TPSA) is 22.0 Å². The Morgan fingerprint density at radius 1 is 1.31 bits per heavy atom. The van der Waals surface area contributed by atoms with Crippen LogP contribution in [0, 0.1) is 13.8 Å². The summed E-state index contributed by atoms with van der Waals surface area (Å²) in [7, 11) is 1.76. The molecule has 0 radical (unpaired) electrons. The van der Waals surface area contributed by atoms with Crippen LogP contribution in [0.4, 0.5) is 0 Å². The lowest BCUT2D eigenvalue weighted by molar-refractivity contribution is 0.893. The molecule has 0 spiro atoms. The maximum absolute atomic E-state index is 11.9. The van der Waals surface area contributed by atoms with Crippen molar-refractivity contribution in [2.45, 2.75) is 13.8 Å². The number of halogens is 2. The SMILES string of the molecule is Cc1ccc2c(c(Cl)c(C)c(=O)n2C)c1Br. The third-order valence-electron chi connectivity index (χ3n) is 2.85. The van der Waals surface area contributed by atoms with Crippen LogP contribution < -0.4 is 5.56 Å². The Morgan fingerprint density at radius 2 is 1.94 bits per heavy atom. The highest BCUT2D eigenvalue weighted by atomic mass is 79.9. The van der Waals surface area contributed by atoms with Gasteiger partial charge in [-0.15, -0.1) is 0 Å². The van der Waals surface area contributed by atoms with E-state index < -0.39 is 0 Å². The molecule has 4 heteroatoms. The van der Waals surface area contributed by atoms with Gasteiger partial charge in [0.2, 0.25) is 0 Å². The van der Waals surface area contributed by atoms with Crippen LogP contribution in [0.1, 0.15) is 11.1 Å². The number of fused-ring (bicyclic) bond motifs is 1. The third kappa shape index (κ3) is 1.50. The second-order valence-corrected chi connectivity index (χ2v) is 5.06. The fourth-order valence-corrected chi connectivity index (χ4v) is 2.72. The zero-order valence-electron chi connectivity index (χ0n) is 9.27. The van der Waals surface area contributed by atoms with Crippen LogP contribution >= 0.6 is 27.5 Å². The standard InChI is InChI=1S/C12H11BrClNO/c1-6-4-5-8-9(10(6)13)11(14)7(2)12(16)15(8)3/h4-5H,1-3H3. The smallest absolute Gasteiger partial charge is 0.255 e. The van der Waals surface area contributed by atoms with E-state index in [1.54, 1.807) is 18.5 Å². The van der Waals surface area contributed by atoms with Crippen molar-refractivity contribution in [3.8, 4) is 0 Å². The van der Waals surface area contributed by atoms with Crippen molar-refractivity contribution in [2.24, 2.45) is 7.05 Å². The largest absolute Gasteiger partial charge is 0.311 e. The van der Waals surface area contributed by atoms with Crippen molar-refractivity contribution >= 4 is 38.4 Å². The van der Waals surface area contributed by atoms with Crippen molar-refractivity contribution in [3.05, 3.63) is 43.1 Å². The first-order valence-electron chi connectivity index (χ1n) is 4.89. The molecule has 0 N–H and O–H groups in total. The molecule has 2 rings (SSSR count). The maximum atomic E-state index is 11.9. The van der Waals surface area contributed by atoms with Crippen LogP contribution in [0.2, 0.25) is 5.02 Å². The molecule has 1 aromatic carbocycles. The van der Waals surface area contributed by atoms with Gasteiger partial charge in [0, 0.05) is 22.5 Å². The highest BCUT2D eigenvalue weighted by molar-refractivity contribution is 9.10. The van der Waals surface area contributed by atoms with Crippen LogP contribution in [0.5, 0.6) is 0 Å². The van der Waals surface area contributed by atoms with Gasteiger partial charge in [0.1, 0.15) is 0 Å². The van der Waals surface area contributed by atoms with Gasteiger partial charge < -0.3 is 4.57 Å². The Labute approximate surface area is 107 Å². The molecule has 1 heterocycles. The van der Waals surface area contributed by atoms with Crippen LogP contribution in [-0.4, -0.2) is 4.57 Å². The second-order valence-electron chi connectivity index (χ2n) is 3.89. The summed E-state index contributed by atoms with van der Waals surface area (Å²) in [6.07, 6.45) is 0. The molecule has 2 nitrogen and oxygen atoms in total. The van der Waals surface area contributed by atoms with Crippen LogP contribution in [0.15, 0.2) is 21.4 Å². The van der Waals surface area contributed by atoms with Crippen molar-refractivity contribution in [2.75, 3.05) is 0 Å². The molecule has 0 bridgehead atoms. The first-order valence-corrected chi connectivity index (χ1v) is 6.06. The first-order chi connectivity index (χ1) is 7.45. The van der Waals surface area contributed by atoms with Gasteiger partial charge in [0.15, 0.2) is 0 Å². The summed E-state index contributed by atoms with van der Waals surface area (Å²) < 4.78 is 2.58. The summed E-state index contributed by atoms with van der Waals surface area (Å²) in [5.41, 5.74) is 2.49. The molecule has 0 fully saturated rings. The summed E-state index contributed by atoms with van der Waals surface area (Å²) in [6, 6.07) is 3.89. The lowest BCUT2D eigenvalue weighted by atomic mass is 10.1. The van der Waals surface area contributed by atoms with E-state index in [0.717, 1.165) is 20.9 Å². The third-order valence-corrected chi connectivity index (χ3v) is 4.34. The van der Waals surface area contributed by atoms with Gasteiger partial charge in [0.25, 0.3) is 5.56 Å². The van der Waals surface area contributed by atoms with Crippen LogP contribution in [-0.2, 0) is 7.05 Å². The normalized spacial score (nSPS) is 11.1. The average molecular weight is 301 g/mol. The van der Waals surface area contributed by atoms with E-state index in [4.69, 9.17) is 11.6 Å². The minimum absolute atomic E-state index is 0.0479. The molecule has 0 aliphatic carbocycles. The quantitative estimate of drug-likeness (QED) is 0.729. The highest BCUT2D eigenvalue weighted by Gasteiger charge is 2.13. The van der Waals surface area contributed by atoms with E-state index in [9.17, 15) is 4.79 Å². The van der Waals surface area contributed by atoms with E-state index in [1.807, 2.05) is 19.1 Å². The summed E-state index contributed by atoms with van der Waals surface area (Å²) >= 11 is 9.76. The molecule has 0 amide bonds. The molecule has 0 saturated carbocycles. The Bertz CT molecular complexity index is 646. The molecule has 2 aromatic rings. The summed E-state index contributed by atoms with van der Waals surface area (Å²) in [4.78, 5) is 11.9. The Balaban J connectivity index is 3.15. The van der Waals surface area contributed by atoms with Crippen LogP contribution in [0.25, 0.3) is 10.9 Å². The van der Waals surface area contributed by atoms with E-state index in [-0.39, 0.29) is 5.56 Å². The van der Waals surface area contributed by atoms with Gasteiger partial charge in [-0.3, -0.25) is 4.79 Å². The molecule has 0 atom stereocenters. The van der Waals surface area contributed by atoms with Gasteiger partial charge in [-0.25, -0.2) is 0 Å². The number of aryl methyl sites for hydroxylation is 2. The number of benzene rings is 1. The lowest BCUT2D eigenvalue weighted by Crippen LogP contribution is -2.20. The van der Waals surface area contributed by atoms with Crippen molar-refractivity contribution in [3.63, 3.8) is 0 Å². The number of aromatic nitrogens is 1. The molecule has 0 aliphatic rings. The van der Waals surface area contributed by atoms with Crippen molar-refractivity contribution in [1.29, 1.82) is 0 Å². The molecular weight excluding hydrogens is 289 g/mol. The number of hydrogen-bond donors (Lipinski definition) is 0. The van der Waals surface area contributed by atoms with Crippen molar-refractivity contribution < 1.29 is 0 Å². The van der Waals surface area contributed by atoms with E-state index in [0.29, 0.717) is 10.6 Å². The molecule has 0 saturated heterocycles. The van der Waals surface area contributed by atoms with Gasteiger partial charge in [-0.1, -0.05) is 17.7 Å². The van der Waals surface area contributed by atoms with E-state index >= 15 is 0 Å². The predicted octanol–water partition coefficient (Wildman–Crippen LogP) is 3.57. The Hall–Kier alpha value is -0.800. The molecular formula is C12H11BrClNO. The van der Waals surface area contributed by atoms with Gasteiger partial charge in [-0.2, -0.15) is 0 Å². The molecule has 0 aliphatic heterocycles. The zero-order chi connectivity index (χ0) is 12.0. The summed E-state index contributed by atoms with van der Waals surface area (Å²) in [6.45, 7) is 3.75. The molecule has 16 heavy (non-hydrogen) atoms. The predicted molar refractivity (Wildman–Crippen MR) is 71.4 cm³/mol. The fraction of sp³-hybridized carbons (Fsp3) is 0.250. The summed E-state index contributed by atoms with van der Waals surface area (Å²) in [5.74, 6) is 0. The number of pyridine rings is 1. The number of rotatable bonds is 0. The Morgan fingerprint density at radius 3 is 2.56 bits per heavy atom. The number of hydrogen-bond acceptors (Lipinski definition) is 1. The molecule has 84 valence electrons. The number of nitrogens with zero attached hydrogens (tertiary/aromatic N) is 1. The van der Waals surface area contributed by atoms with Gasteiger partial charge in [-0.05, 0) is 41.4 Å². The minimum Gasteiger partial charge on any atom is -0.311 e. The van der Waals surface area contributed by atoms with E-state index in [1.165, 1.54) is 0 Å². The summed E-state index contributed by atoms with van der Waals surface area (Å²) in [5, 5.41) is 1.44. The van der Waals surface area contributed by atoms with Gasteiger partial charge >= 0.3 is 0 Å². The minimum atomic E-state index is -0.0479. The monoisotopic (exact) mass is 299 g/mol. The Kier molecular flexibility index (Phi) is 2.84.